The van der Waals surface area contributed by atoms with Crippen LogP contribution in [0, 0.1) is 0 Å². The highest BCUT2D eigenvalue weighted by Crippen LogP contribution is 2.22. The van der Waals surface area contributed by atoms with Gasteiger partial charge in [0.25, 0.3) is 0 Å². The molecule has 0 aromatic heterocycles. The molecule has 0 fully saturated rings. The largest absolute Gasteiger partial charge is 0.444 e. The Bertz CT molecular complexity index is 171. The monoisotopic (exact) mass is 201 g/mol. The molecule has 3 N–H and O–H groups in total. The summed E-state index contributed by atoms with van der Waals surface area (Å²) in [5.74, 6) is 0. The maximum absolute atomic E-state index is 11.6. The molecule has 0 aliphatic heterocycles. The van der Waals surface area contributed by atoms with Crippen molar-refractivity contribution in [3.05, 3.63) is 0 Å². The number of carbonyl (C=O) groups is 1. The molecule has 13 heavy (non-hydrogen) atoms. The second-order valence-electron chi connectivity index (χ2n) is 2.40. The van der Waals surface area contributed by atoms with Crippen molar-refractivity contribution in [3.8, 4) is 0 Å². The van der Waals surface area contributed by atoms with E-state index in [0.717, 1.165) is 0 Å². The quantitative estimate of drug-likeness (QED) is 0.706. The Hall–Kier alpha value is -0.980. The molecule has 78 valence electrons. The minimum Gasteiger partial charge on any atom is -0.444 e. The summed E-state index contributed by atoms with van der Waals surface area (Å²) < 4.78 is 39.1. The molecule has 1 unspecified atom stereocenters. The van der Waals surface area contributed by atoms with Gasteiger partial charge >= 0.3 is 12.3 Å². The number of aliphatic hydroxyl groups is 1. The smallest absolute Gasteiger partial charge is 0.404 e. The number of hydrogen-bond donors (Lipinski definition) is 2. The number of aliphatic hydroxyl groups excluding tert-OH is 1. The number of ether oxygens (including phenoxy) is 1. The summed E-state index contributed by atoms with van der Waals surface area (Å²) in [6.07, 6.45) is -8.30. The van der Waals surface area contributed by atoms with Crippen molar-refractivity contribution >= 4 is 6.09 Å². The van der Waals surface area contributed by atoms with Gasteiger partial charge in [0, 0.05) is 6.42 Å². The van der Waals surface area contributed by atoms with Gasteiger partial charge in [0.05, 0.1) is 6.61 Å². The lowest BCUT2D eigenvalue weighted by Gasteiger charge is -2.14. The zero-order chi connectivity index (χ0) is 10.5. The summed E-state index contributed by atoms with van der Waals surface area (Å²) in [6.45, 7) is -0.668. The molecule has 0 saturated carbocycles. The van der Waals surface area contributed by atoms with Crippen molar-refractivity contribution in [2.45, 2.75) is 25.1 Å². The molecule has 1 amide bonds. The van der Waals surface area contributed by atoms with Gasteiger partial charge in [-0.05, 0) is 6.42 Å². The standard InChI is InChI=1S/C6H10F3NO3/c7-6(8,9)2-1-4(3-11)13-5(10)12/h4,11H,1-3H2,(H2,10,12). The van der Waals surface area contributed by atoms with Gasteiger partial charge in [0.15, 0.2) is 0 Å². The van der Waals surface area contributed by atoms with Crippen molar-refractivity contribution in [1.29, 1.82) is 0 Å². The van der Waals surface area contributed by atoms with Crippen LogP contribution in [-0.2, 0) is 4.74 Å². The van der Waals surface area contributed by atoms with E-state index < -0.39 is 37.8 Å². The van der Waals surface area contributed by atoms with Gasteiger partial charge in [-0.2, -0.15) is 13.2 Å². The molecular formula is C6H10F3NO3. The van der Waals surface area contributed by atoms with Crippen LogP contribution < -0.4 is 5.73 Å². The SMILES string of the molecule is NC(=O)OC(CO)CCC(F)(F)F. The van der Waals surface area contributed by atoms with Gasteiger partial charge in [-0.1, -0.05) is 0 Å². The van der Waals surface area contributed by atoms with Crippen molar-refractivity contribution in [1.82, 2.24) is 0 Å². The van der Waals surface area contributed by atoms with Crippen LogP contribution in [0.25, 0.3) is 0 Å². The Labute approximate surface area is 72.5 Å². The van der Waals surface area contributed by atoms with Crippen LogP contribution in [0.1, 0.15) is 12.8 Å². The van der Waals surface area contributed by atoms with E-state index in [0.29, 0.717) is 0 Å². The highest BCUT2D eigenvalue weighted by Gasteiger charge is 2.28. The Balaban J connectivity index is 3.79. The average Bonchev–Trinajstić information content (AvgIpc) is 1.95. The number of hydrogen-bond acceptors (Lipinski definition) is 3. The fraction of sp³-hybridized carbons (Fsp3) is 0.833. The van der Waals surface area contributed by atoms with Crippen LogP contribution in [0.2, 0.25) is 0 Å². The highest BCUT2D eigenvalue weighted by atomic mass is 19.4. The van der Waals surface area contributed by atoms with E-state index in [1.165, 1.54) is 0 Å². The predicted octanol–water partition coefficient (Wildman–Crippen LogP) is 0.785. The summed E-state index contributed by atoms with van der Waals surface area (Å²) in [7, 11) is 0. The number of amides is 1. The van der Waals surface area contributed by atoms with E-state index in [4.69, 9.17) is 5.11 Å². The first kappa shape index (κ1) is 12.0. The second kappa shape index (κ2) is 4.90. The molecule has 0 heterocycles. The molecule has 0 aliphatic rings. The second-order valence-corrected chi connectivity index (χ2v) is 2.40. The molecule has 0 aromatic carbocycles. The predicted molar refractivity (Wildman–Crippen MR) is 36.8 cm³/mol. The van der Waals surface area contributed by atoms with E-state index in [1.54, 1.807) is 0 Å². The molecule has 4 nitrogen and oxygen atoms in total. The zero-order valence-electron chi connectivity index (χ0n) is 6.67. The molecule has 0 aliphatic carbocycles. The Morgan fingerprint density at radius 1 is 1.54 bits per heavy atom. The number of rotatable bonds is 4. The van der Waals surface area contributed by atoms with E-state index in [2.05, 4.69) is 10.5 Å². The maximum Gasteiger partial charge on any atom is 0.404 e. The average molecular weight is 201 g/mol. The molecule has 7 heteroatoms. The van der Waals surface area contributed by atoms with Crippen molar-refractivity contribution < 1.29 is 27.8 Å². The highest BCUT2D eigenvalue weighted by molar-refractivity contribution is 5.64. The number of primary amides is 1. The van der Waals surface area contributed by atoms with Gasteiger partial charge in [-0.3, -0.25) is 0 Å². The molecular weight excluding hydrogens is 191 g/mol. The lowest BCUT2D eigenvalue weighted by Crippen LogP contribution is -2.27. The third-order valence-electron chi connectivity index (χ3n) is 1.24. The Morgan fingerprint density at radius 3 is 2.38 bits per heavy atom. The fourth-order valence-electron chi connectivity index (χ4n) is 0.676. The number of halogens is 3. The van der Waals surface area contributed by atoms with Gasteiger partial charge in [-0.15, -0.1) is 0 Å². The Kier molecular flexibility index (Phi) is 4.53. The third kappa shape index (κ3) is 7.38. The summed E-state index contributed by atoms with van der Waals surface area (Å²) in [5.41, 5.74) is 4.55. The van der Waals surface area contributed by atoms with Crippen LogP contribution in [0.4, 0.5) is 18.0 Å². The van der Waals surface area contributed by atoms with Crippen molar-refractivity contribution in [3.63, 3.8) is 0 Å². The number of nitrogens with two attached hydrogens (primary N) is 1. The van der Waals surface area contributed by atoms with E-state index in [1.807, 2.05) is 0 Å². The first-order chi connectivity index (χ1) is 5.85. The van der Waals surface area contributed by atoms with Crippen LogP contribution in [0.15, 0.2) is 0 Å². The van der Waals surface area contributed by atoms with E-state index >= 15 is 0 Å². The van der Waals surface area contributed by atoms with E-state index in [9.17, 15) is 18.0 Å². The molecule has 0 rings (SSSR count). The normalized spacial score (nSPS) is 13.8. The van der Waals surface area contributed by atoms with Crippen LogP contribution in [0.5, 0.6) is 0 Å². The van der Waals surface area contributed by atoms with Gasteiger partial charge < -0.3 is 15.6 Å². The third-order valence-corrected chi connectivity index (χ3v) is 1.24. The van der Waals surface area contributed by atoms with Crippen molar-refractivity contribution in [2.24, 2.45) is 5.73 Å². The summed E-state index contributed by atoms with van der Waals surface area (Å²) >= 11 is 0. The molecule has 0 bridgehead atoms. The number of alkyl halides is 3. The summed E-state index contributed by atoms with van der Waals surface area (Å²) in [4.78, 5) is 10.1. The molecule has 0 aromatic rings. The van der Waals surface area contributed by atoms with Crippen LogP contribution in [0.3, 0.4) is 0 Å². The summed E-state index contributed by atoms with van der Waals surface area (Å²) in [6, 6.07) is 0. The van der Waals surface area contributed by atoms with Crippen LogP contribution >= 0.6 is 0 Å². The summed E-state index contributed by atoms with van der Waals surface area (Å²) in [5, 5.41) is 8.47. The van der Waals surface area contributed by atoms with E-state index in [-0.39, 0.29) is 0 Å². The van der Waals surface area contributed by atoms with Gasteiger partial charge in [0.1, 0.15) is 6.10 Å². The zero-order valence-corrected chi connectivity index (χ0v) is 6.67. The van der Waals surface area contributed by atoms with Crippen molar-refractivity contribution in [2.75, 3.05) is 6.61 Å². The molecule has 0 radical (unpaired) electrons. The fourth-order valence-corrected chi connectivity index (χ4v) is 0.676. The lowest BCUT2D eigenvalue weighted by atomic mass is 10.2. The van der Waals surface area contributed by atoms with Crippen LogP contribution in [-0.4, -0.2) is 30.1 Å². The molecule has 0 saturated heterocycles. The minimum atomic E-state index is -4.32. The Morgan fingerprint density at radius 2 is 2.08 bits per heavy atom. The lowest BCUT2D eigenvalue weighted by molar-refractivity contribution is -0.141. The number of carbonyl (C=O) groups excluding carboxylic acids is 1. The van der Waals surface area contributed by atoms with Gasteiger partial charge in [0.2, 0.25) is 0 Å². The first-order valence-electron chi connectivity index (χ1n) is 3.49. The minimum absolute atomic E-state index is 0.483. The molecule has 1 atom stereocenters. The molecule has 0 spiro atoms. The maximum atomic E-state index is 11.6. The first-order valence-corrected chi connectivity index (χ1v) is 3.49. The topological polar surface area (TPSA) is 72.6 Å². The van der Waals surface area contributed by atoms with Gasteiger partial charge in [-0.25, -0.2) is 4.79 Å².